The number of benzene rings is 2. The maximum Gasteiger partial charge on any atom is 0.256 e. The number of carbonyl (C=O) groups is 1. The van der Waals surface area contributed by atoms with E-state index in [1.807, 2.05) is 0 Å². The standard InChI is InChI=1S/C23H21BFN5O3/c24-18-13-27-30-21(12-19(28-22(18)30)17-7-1-2-8-20(17)32)26-9-4-10-29(14-25)23(33)15-5-3-6-16(31)11-15/h1-3,5-8,11-13,26,31-32H,4,9-10,14H2. The number of phenolic OH excluding ortho intramolecular Hbond substituents is 2. The van der Waals surface area contributed by atoms with Crippen LogP contribution in [0.5, 0.6) is 11.5 Å². The number of rotatable bonds is 8. The summed E-state index contributed by atoms with van der Waals surface area (Å²) in [6, 6.07) is 14.4. The third kappa shape index (κ3) is 4.74. The molecule has 0 saturated carbocycles. The number of anilines is 1. The molecule has 2 heterocycles. The molecule has 0 aliphatic rings. The molecule has 0 bridgehead atoms. The second kappa shape index (κ2) is 9.60. The van der Waals surface area contributed by atoms with Crippen LogP contribution in [0.4, 0.5) is 10.2 Å². The van der Waals surface area contributed by atoms with Gasteiger partial charge in [-0.25, -0.2) is 9.37 Å². The van der Waals surface area contributed by atoms with Gasteiger partial charge in [0.2, 0.25) is 0 Å². The predicted molar refractivity (Wildman–Crippen MR) is 124 cm³/mol. The maximum absolute atomic E-state index is 13.5. The van der Waals surface area contributed by atoms with Crippen molar-refractivity contribution in [2.45, 2.75) is 6.42 Å². The Hall–Kier alpha value is -4.08. The minimum absolute atomic E-state index is 0.0539. The van der Waals surface area contributed by atoms with Crippen molar-refractivity contribution < 1.29 is 19.4 Å². The van der Waals surface area contributed by atoms with Gasteiger partial charge in [-0.15, -0.1) is 0 Å². The molecule has 2 radical (unpaired) electrons. The van der Waals surface area contributed by atoms with Crippen LogP contribution < -0.4 is 10.8 Å². The van der Waals surface area contributed by atoms with Gasteiger partial charge in [0.15, 0.2) is 12.4 Å². The van der Waals surface area contributed by atoms with E-state index in [2.05, 4.69) is 15.4 Å². The molecule has 10 heteroatoms. The zero-order valence-electron chi connectivity index (χ0n) is 17.6. The highest BCUT2D eigenvalue weighted by molar-refractivity contribution is 6.36. The summed E-state index contributed by atoms with van der Waals surface area (Å²) in [6.45, 7) is -0.371. The molecule has 166 valence electrons. The van der Waals surface area contributed by atoms with Crippen molar-refractivity contribution in [3.8, 4) is 22.8 Å². The van der Waals surface area contributed by atoms with Gasteiger partial charge < -0.3 is 20.4 Å². The summed E-state index contributed by atoms with van der Waals surface area (Å²) in [5, 5.41) is 27.2. The number of nitrogens with one attached hydrogen (secondary N) is 1. The Morgan fingerprint density at radius 1 is 1.15 bits per heavy atom. The third-order valence-electron chi connectivity index (χ3n) is 5.11. The number of hydrogen-bond acceptors (Lipinski definition) is 6. The van der Waals surface area contributed by atoms with Crippen LogP contribution in [0.15, 0.2) is 60.8 Å². The van der Waals surface area contributed by atoms with Gasteiger partial charge in [-0.2, -0.15) is 9.61 Å². The van der Waals surface area contributed by atoms with Crippen molar-refractivity contribution in [1.29, 1.82) is 0 Å². The Labute approximate surface area is 190 Å². The monoisotopic (exact) mass is 445 g/mol. The SMILES string of the molecule is [B]c1cnn2c(NCCCN(CF)C(=O)c3cccc(O)c3)cc(-c3ccccc3O)nc12. The second-order valence-corrected chi connectivity index (χ2v) is 7.40. The lowest BCUT2D eigenvalue weighted by Gasteiger charge is -2.19. The molecule has 0 atom stereocenters. The van der Waals surface area contributed by atoms with Crippen LogP contribution in [0.25, 0.3) is 16.9 Å². The zero-order valence-corrected chi connectivity index (χ0v) is 17.6. The summed E-state index contributed by atoms with van der Waals surface area (Å²) in [5.41, 5.74) is 2.10. The van der Waals surface area contributed by atoms with E-state index in [-0.39, 0.29) is 23.6 Å². The van der Waals surface area contributed by atoms with E-state index < -0.39 is 12.7 Å². The number of halogens is 1. The number of alkyl halides is 1. The van der Waals surface area contributed by atoms with Crippen LogP contribution in [0, 0.1) is 0 Å². The smallest absolute Gasteiger partial charge is 0.256 e. The molecule has 4 rings (SSSR count). The van der Waals surface area contributed by atoms with E-state index in [1.54, 1.807) is 34.8 Å². The highest BCUT2D eigenvalue weighted by Gasteiger charge is 2.16. The number of aromatic nitrogens is 3. The lowest BCUT2D eigenvalue weighted by atomic mass is 10.0. The van der Waals surface area contributed by atoms with Gasteiger partial charge in [0.05, 0.1) is 5.69 Å². The minimum Gasteiger partial charge on any atom is -0.508 e. The molecule has 0 aliphatic carbocycles. The summed E-state index contributed by atoms with van der Waals surface area (Å²) in [5.74, 6) is 0.117. The van der Waals surface area contributed by atoms with Crippen LogP contribution in [0.2, 0.25) is 0 Å². The summed E-state index contributed by atoms with van der Waals surface area (Å²) in [4.78, 5) is 18.1. The first-order valence-electron chi connectivity index (χ1n) is 10.3. The fourth-order valence-electron chi connectivity index (χ4n) is 3.46. The largest absolute Gasteiger partial charge is 0.508 e. The molecule has 0 aliphatic heterocycles. The van der Waals surface area contributed by atoms with Crippen molar-refractivity contribution in [2.24, 2.45) is 0 Å². The molecule has 2 aromatic carbocycles. The Morgan fingerprint density at radius 2 is 1.97 bits per heavy atom. The van der Waals surface area contributed by atoms with Gasteiger partial charge in [0, 0.05) is 36.5 Å². The number of nitrogens with zero attached hydrogens (tertiary/aromatic N) is 4. The van der Waals surface area contributed by atoms with Crippen molar-refractivity contribution >= 4 is 30.7 Å². The first kappa shape index (κ1) is 22.1. The summed E-state index contributed by atoms with van der Waals surface area (Å²) >= 11 is 0. The zero-order chi connectivity index (χ0) is 23.4. The quantitative estimate of drug-likeness (QED) is 0.219. The number of carbonyl (C=O) groups excluding carboxylic acids is 1. The van der Waals surface area contributed by atoms with Gasteiger partial charge >= 0.3 is 0 Å². The number of phenols is 2. The molecule has 0 unspecified atom stereocenters. The first-order valence-corrected chi connectivity index (χ1v) is 10.3. The van der Waals surface area contributed by atoms with Gasteiger partial charge in [-0.3, -0.25) is 4.79 Å². The van der Waals surface area contributed by atoms with Gasteiger partial charge in [0.1, 0.15) is 25.2 Å². The second-order valence-electron chi connectivity index (χ2n) is 7.40. The normalized spacial score (nSPS) is 10.9. The number of amides is 1. The lowest BCUT2D eigenvalue weighted by Crippen LogP contribution is -2.32. The van der Waals surface area contributed by atoms with E-state index in [4.69, 9.17) is 7.85 Å². The highest BCUT2D eigenvalue weighted by atomic mass is 19.1. The molecule has 0 saturated heterocycles. The van der Waals surface area contributed by atoms with Crippen LogP contribution in [0.3, 0.4) is 0 Å². The minimum atomic E-state index is -0.943. The van der Waals surface area contributed by atoms with Crippen LogP contribution in [0.1, 0.15) is 16.8 Å². The van der Waals surface area contributed by atoms with Crippen molar-refractivity contribution in [3.63, 3.8) is 0 Å². The molecule has 0 spiro atoms. The lowest BCUT2D eigenvalue weighted by molar-refractivity contribution is 0.0679. The third-order valence-corrected chi connectivity index (χ3v) is 5.11. The van der Waals surface area contributed by atoms with Gasteiger partial charge in [-0.05, 0) is 42.2 Å². The Bertz CT molecular complexity index is 1300. The predicted octanol–water partition coefficient (Wildman–Crippen LogP) is 2.47. The Morgan fingerprint density at radius 3 is 2.73 bits per heavy atom. The fraction of sp³-hybridized carbons (Fsp3) is 0.174. The van der Waals surface area contributed by atoms with Crippen LogP contribution in [-0.2, 0) is 0 Å². The number of para-hydroxylation sites is 1. The molecular weight excluding hydrogens is 424 g/mol. The Kier molecular flexibility index (Phi) is 6.44. The number of fused-ring (bicyclic) bond motifs is 1. The number of hydrogen-bond donors (Lipinski definition) is 3. The van der Waals surface area contributed by atoms with Crippen molar-refractivity contribution in [1.82, 2.24) is 19.5 Å². The topological polar surface area (TPSA) is 103 Å². The highest BCUT2D eigenvalue weighted by Crippen LogP contribution is 2.29. The maximum atomic E-state index is 13.5. The van der Waals surface area contributed by atoms with Gasteiger partial charge in [0.25, 0.3) is 5.91 Å². The van der Waals surface area contributed by atoms with Crippen molar-refractivity contribution in [2.75, 3.05) is 25.2 Å². The summed E-state index contributed by atoms with van der Waals surface area (Å²) < 4.78 is 15.0. The van der Waals surface area contributed by atoms with Crippen molar-refractivity contribution in [3.05, 3.63) is 66.4 Å². The molecule has 3 N–H and O–H groups in total. The van der Waals surface area contributed by atoms with E-state index in [9.17, 15) is 19.4 Å². The molecular formula is C23H21BFN5O3. The molecule has 33 heavy (non-hydrogen) atoms. The average molecular weight is 445 g/mol. The van der Waals surface area contributed by atoms with E-state index in [0.29, 0.717) is 41.2 Å². The Balaban J connectivity index is 1.48. The first-order chi connectivity index (χ1) is 16.0. The average Bonchev–Trinajstić information content (AvgIpc) is 3.20. The van der Waals surface area contributed by atoms with E-state index >= 15 is 0 Å². The molecule has 8 nitrogen and oxygen atoms in total. The fourth-order valence-corrected chi connectivity index (χ4v) is 3.46. The molecule has 1 amide bonds. The van der Waals surface area contributed by atoms with Gasteiger partial charge in [-0.1, -0.05) is 18.2 Å². The van der Waals surface area contributed by atoms with Crippen LogP contribution >= 0.6 is 0 Å². The molecule has 0 fully saturated rings. The van der Waals surface area contributed by atoms with E-state index in [1.165, 1.54) is 30.5 Å². The summed E-state index contributed by atoms with van der Waals surface area (Å²) in [6.07, 6.45) is 1.93. The molecule has 4 aromatic rings. The van der Waals surface area contributed by atoms with E-state index in [0.717, 1.165) is 4.90 Å². The molecule has 2 aromatic heterocycles. The number of aromatic hydroxyl groups is 2. The van der Waals surface area contributed by atoms with Crippen LogP contribution in [-0.4, -0.2) is 63.4 Å². The summed E-state index contributed by atoms with van der Waals surface area (Å²) in [7, 11) is 6.00.